The zero-order valence-corrected chi connectivity index (χ0v) is 19.5. The minimum atomic E-state index is -2.93. The molecule has 0 saturated carbocycles. The van der Waals surface area contributed by atoms with Crippen molar-refractivity contribution < 1.29 is 17.4 Å². The van der Waals surface area contributed by atoms with Gasteiger partial charge in [-0.05, 0) is 30.8 Å². The van der Waals surface area contributed by atoms with Crippen molar-refractivity contribution in [2.24, 2.45) is 0 Å². The summed E-state index contributed by atoms with van der Waals surface area (Å²) in [6.07, 6.45) is 13.3. The highest BCUT2D eigenvalue weighted by molar-refractivity contribution is 6.92. The zero-order chi connectivity index (χ0) is 20.0. The van der Waals surface area contributed by atoms with Crippen LogP contribution in [0, 0.1) is 23.9 Å². The minimum Gasteiger partial charge on any atom is -0.437 e. The summed E-state index contributed by atoms with van der Waals surface area (Å²) in [5.41, 5.74) is 7.73. The number of benzene rings is 1. The molecule has 1 unspecified atom stereocenters. The van der Waals surface area contributed by atoms with E-state index >= 15 is 0 Å². The Morgan fingerprint density at radius 3 is 2.04 bits per heavy atom. The van der Waals surface area contributed by atoms with E-state index in [1.54, 1.807) is 21.3 Å². The molecule has 0 radical (unpaired) electrons. The molecule has 0 aliphatic heterocycles. The van der Waals surface area contributed by atoms with Crippen molar-refractivity contribution in [3.05, 3.63) is 35.9 Å². The van der Waals surface area contributed by atoms with E-state index in [4.69, 9.17) is 30.2 Å². The Morgan fingerprint density at radius 1 is 1.04 bits per heavy atom. The Balaban J connectivity index is 3.39. The predicted octanol–water partition coefficient (Wildman–Crippen LogP) is 2.64. The van der Waals surface area contributed by atoms with Crippen LogP contribution in [0.25, 0.3) is 6.08 Å². The molecule has 7 heteroatoms. The molecule has 0 aromatic heterocycles. The Labute approximate surface area is 161 Å². The highest BCUT2D eigenvalue weighted by atomic mass is 28.4. The normalized spacial score (nSPS) is 14.2. The van der Waals surface area contributed by atoms with E-state index in [1.807, 2.05) is 43.9 Å². The summed E-state index contributed by atoms with van der Waals surface area (Å²) in [4.78, 5) is 0. The molecule has 1 atom stereocenters. The van der Waals surface area contributed by atoms with Crippen LogP contribution in [0.5, 0.6) is 0 Å². The van der Waals surface area contributed by atoms with Crippen molar-refractivity contribution >= 4 is 36.7 Å². The molecule has 0 aliphatic rings. The van der Waals surface area contributed by atoms with Crippen LogP contribution in [0.1, 0.15) is 11.1 Å². The standard InChI is InChI=1S/C19H28O4Si3/c1-10-17-13-14-19(26(20-4,21-5)22-6)15-18(17)16-25(9,12-3)23-24(7,8)11-2/h2-3,10,13-15H,1,16H2,4-9H3. The maximum Gasteiger partial charge on any atom is 0.536 e. The van der Waals surface area contributed by atoms with Gasteiger partial charge in [0.2, 0.25) is 0 Å². The van der Waals surface area contributed by atoms with E-state index in [-0.39, 0.29) is 0 Å². The quantitative estimate of drug-likeness (QED) is 0.468. The van der Waals surface area contributed by atoms with E-state index < -0.39 is 25.4 Å². The molecule has 1 rings (SSSR count). The van der Waals surface area contributed by atoms with Gasteiger partial charge < -0.3 is 17.4 Å². The average molecular weight is 405 g/mol. The molecule has 1 aromatic rings. The molecule has 0 fully saturated rings. The van der Waals surface area contributed by atoms with E-state index in [9.17, 15) is 0 Å². The van der Waals surface area contributed by atoms with Crippen LogP contribution < -0.4 is 5.19 Å². The second kappa shape index (κ2) is 8.98. The first kappa shape index (κ1) is 22.6. The van der Waals surface area contributed by atoms with Crippen molar-refractivity contribution in [1.29, 1.82) is 0 Å². The summed E-state index contributed by atoms with van der Waals surface area (Å²) in [6, 6.07) is 6.57. The van der Waals surface area contributed by atoms with E-state index in [1.165, 1.54) is 0 Å². The number of terminal acetylenes is 2. The van der Waals surface area contributed by atoms with Gasteiger partial charge in [0.25, 0.3) is 16.6 Å². The SMILES string of the molecule is C#C[Si](C)(C)O[Si](C)(C#C)Cc1cc([Si](OC)(OC)OC)ccc1C=C. The fraction of sp³-hybridized carbons (Fsp3) is 0.368. The molecule has 0 saturated heterocycles. The minimum absolute atomic E-state index is 0.623. The number of hydrogen-bond acceptors (Lipinski definition) is 4. The molecule has 0 heterocycles. The summed E-state index contributed by atoms with van der Waals surface area (Å²) < 4.78 is 23.1. The summed E-state index contributed by atoms with van der Waals surface area (Å²) in [6.45, 7) is 9.90. The smallest absolute Gasteiger partial charge is 0.437 e. The van der Waals surface area contributed by atoms with Gasteiger partial charge in [-0.3, -0.25) is 0 Å². The highest BCUT2D eigenvalue weighted by Gasteiger charge is 2.42. The van der Waals surface area contributed by atoms with Crippen LogP contribution in [0.4, 0.5) is 0 Å². The van der Waals surface area contributed by atoms with Gasteiger partial charge in [0.15, 0.2) is 0 Å². The van der Waals surface area contributed by atoms with Crippen molar-refractivity contribution in [3.63, 3.8) is 0 Å². The van der Waals surface area contributed by atoms with Gasteiger partial charge >= 0.3 is 8.80 Å². The maximum absolute atomic E-state index is 6.32. The largest absolute Gasteiger partial charge is 0.536 e. The van der Waals surface area contributed by atoms with E-state index in [2.05, 4.69) is 17.7 Å². The lowest BCUT2D eigenvalue weighted by Gasteiger charge is -2.30. The third-order valence-corrected chi connectivity index (χ3v) is 13.0. The number of hydrogen-bond donors (Lipinski definition) is 0. The van der Waals surface area contributed by atoms with Crippen LogP contribution in [0.3, 0.4) is 0 Å². The van der Waals surface area contributed by atoms with Crippen molar-refractivity contribution in [2.45, 2.75) is 25.7 Å². The van der Waals surface area contributed by atoms with E-state index in [0.29, 0.717) is 6.04 Å². The molecular formula is C19H28O4Si3. The highest BCUT2D eigenvalue weighted by Crippen LogP contribution is 2.22. The lowest BCUT2D eigenvalue weighted by Crippen LogP contribution is -2.55. The second-order valence-electron chi connectivity index (χ2n) is 6.59. The first-order chi connectivity index (χ1) is 12.1. The molecule has 0 aliphatic carbocycles. The van der Waals surface area contributed by atoms with Crippen molar-refractivity contribution in [1.82, 2.24) is 0 Å². The Morgan fingerprint density at radius 2 is 1.62 bits per heavy atom. The fourth-order valence-corrected chi connectivity index (χ4v) is 11.1. The molecule has 0 N–H and O–H groups in total. The van der Waals surface area contributed by atoms with Crippen LogP contribution in [0.15, 0.2) is 24.8 Å². The fourth-order valence-electron chi connectivity index (χ4n) is 2.82. The Bertz CT molecular complexity index is 721. The van der Waals surface area contributed by atoms with Crippen LogP contribution in [0.2, 0.25) is 19.6 Å². The van der Waals surface area contributed by atoms with Gasteiger partial charge in [-0.2, -0.15) is 0 Å². The monoisotopic (exact) mass is 404 g/mol. The Hall–Kier alpha value is -1.43. The average Bonchev–Trinajstić information content (AvgIpc) is 2.63. The van der Waals surface area contributed by atoms with Gasteiger partial charge in [-0.25, -0.2) is 0 Å². The molecule has 26 heavy (non-hydrogen) atoms. The first-order valence-electron chi connectivity index (χ1n) is 8.21. The van der Waals surface area contributed by atoms with Gasteiger partial charge in [0, 0.05) is 32.6 Å². The summed E-state index contributed by atoms with van der Waals surface area (Å²) in [5.74, 6) is 0. The van der Waals surface area contributed by atoms with Crippen LogP contribution in [-0.2, 0) is 23.4 Å². The molecule has 1 aromatic carbocycles. The van der Waals surface area contributed by atoms with Gasteiger partial charge in [0.05, 0.1) is 0 Å². The molecule has 0 bridgehead atoms. The zero-order valence-electron chi connectivity index (χ0n) is 16.5. The molecular weight excluding hydrogens is 376 g/mol. The maximum atomic E-state index is 6.32. The first-order valence-corrected chi connectivity index (χ1v) is 15.5. The second-order valence-corrected chi connectivity index (χ2v) is 16.7. The molecule has 4 nitrogen and oxygen atoms in total. The van der Waals surface area contributed by atoms with Crippen LogP contribution in [-0.4, -0.2) is 46.8 Å². The van der Waals surface area contributed by atoms with Gasteiger partial charge in [0.1, 0.15) is 0 Å². The summed E-state index contributed by atoms with van der Waals surface area (Å²) in [7, 11) is -2.89. The van der Waals surface area contributed by atoms with Crippen molar-refractivity contribution in [3.8, 4) is 23.9 Å². The summed E-state index contributed by atoms with van der Waals surface area (Å²) >= 11 is 0. The lowest BCUT2D eigenvalue weighted by molar-refractivity contribution is 0.140. The van der Waals surface area contributed by atoms with Gasteiger partial charge in [-0.15, -0.1) is 23.9 Å². The summed E-state index contributed by atoms with van der Waals surface area (Å²) in [5, 5.41) is 0.868. The van der Waals surface area contributed by atoms with Gasteiger partial charge in [-0.1, -0.05) is 30.9 Å². The molecule has 0 amide bonds. The topological polar surface area (TPSA) is 36.9 Å². The van der Waals surface area contributed by atoms with Crippen LogP contribution >= 0.6 is 0 Å². The third-order valence-electron chi connectivity index (χ3n) is 4.18. The molecule has 140 valence electrons. The Kier molecular flexibility index (Phi) is 7.81. The lowest BCUT2D eigenvalue weighted by atomic mass is 10.1. The third kappa shape index (κ3) is 5.06. The predicted molar refractivity (Wildman–Crippen MR) is 115 cm³/mol. The van der Waals surface area contributed by atoms with E-state index in [0.717, 1.165) is 16.3 Å². The molecule has 0 spiro atoms. The van der Waals surface area contributed by atoms with Crippen molar-refractivity contribution in [2.75, 3.05) is 21.3 Å². The number of rotatable bonds is 9.